The molecule has 1 aromatic rings. The lowest BCUT2D eigenvalue weighted by molar-refractivity contribution is -0.159. The number of carbonyl (C=O) groups is 4. The smallest absolute Gasteiger partial charge is 0.416 e. The van der Waals surface area contributed by atoms with Gasteiger partial charge in [0.25, 0.3) is 5.91 Å². The number of nitrogens with zero attached hydrogens (tertiary/aromatic N) is 1. The van der Waals surface area contributed by atoms with Crippen LogP contribution in [0.25, 0.3) is 0 Å². The van der Waals surface area contributed by atoms with E-state index in [0.717, 1.165) is 23.1 Å². The maximum atomic E-state index is 12.7. The van der Waals surface area contributed by atoms with Crippen molar-refractivity contribution >= 4 is 29.4 Å². The summed E-state index contributed by atoms with van der Waals surface area (Å²) >= 11 is 0. The second kappa shape index (κ2) is 8.29. The van der Waals surface area contributed by atoms with Gasteiger partial charge in [-0.3, -0.25) is 19.3 Å². The van der Waals surface area contributed by atoms with Crippen LogP contribution in [0, 0.1) is 11.8 Å². The first-order valence-corrected chi connectivity index (χ1v) is 9.25. The summed E-state index contributed by atoms with van der Waals surface area (Å²) in [6, 6.07) is 2.78. The first-order valence-electron chi connectivity index (χ1n) is 9.25. The second-order valence-corrected chi connectivity index (χ2v) is 7.11. The van der Waals surface area contributed by atoms with Crippen molar-refractivity contribution in [3.8, 4) is 0 Å². The molecule has 1 heterocycles. The zero-order valence-corrected chi connectivity index (χ0v) is 15.9. The molecule has 1 saturated heterocycles. The number of rotatable bonds is 5. The number of benzene rings is 1. The summed E-state index contributed by atoms with van der Waals surface area (Å²) in [5.74, 6) is -3.71. The summed E-state index contributed by atoms with van der Waals surface area (Å²) in [4.78, 5) is 50.0. The predicted molar refractivity (Wildman–Crippen MR) is 97.7 cm³/mol. The number of amides is 3. The summed E-state index contributed by atoms with van der Waals surface area (Å²) < 4.78 is 43.0. The Bertz CT molecular complexity index is 886. The van der Waals surface area contributed by atoms with E-state index in [4.69, 9.17) is 4.74 Å². The summed E-state index contributed by atoms with van der Waals surface area (Å²) in [7, 11) is 0. The van der Waals surface area contributed by atoms with Crippen LogP contribution in [0.1, 0.15) is 25.3 Å². The number of nitrogens with one attached hydrogen (secondary N) is 1. The van der Waals surface area contributed by atoms with Crippen LogP contribution in [-0.2, 0) is 30.1 Å². The predicted octanol–water partition coefficient (Wildman–Crippen LogP) is 2.53. The van der Waals surface area contributed by atoms with Crippen LogP contribution < -0.4 is 5.32 Å². The molecule has 1 aliphatic heterocycles. The topological polar surface area (TPSA) is 92.8 Å². The maximum Gasteiger partial charge on any atom is 0.416 e. The number of anilines is 1. The Morgan fingerprint density at radius 3 is 2.33 bits per heavy atom. The van der Waals surface area contributed by atoms with Crippen LogP contribution in [0.15, 0.2) is 36.4 Å². The summed E-state index contributed by atoms with van der Waals surface area (Å²) in [5, 5.41) is 2.20. The molecule has 3 unspecified atom stereocenters. The maximum absolute atomic E-state index is 12.7. The summed E-state index contributed by atoms with van der Waals surface area (Å²) in [6.07, 6.45) is -0.0855. The summed E-state index contributed by atoms with van der Waals surface area (Å²) in [5.41, 5.74) is -1.05. The lowest BCUT2D eigenvalue weighted by Crippen LogP contribution is -2.45. The molecule has 2 aliphatic rings. The van der Waals surface area contributed by atoms with Crippen molar-refractivity contribution in [3.05, 3.63) is 42.0 Å². The van der Waals surface area contributed by atoms with Crippen LogP contribution >= 0.6 is 0 Å². The van der Waals surface area contributed by atoms with Crippen molar-refractivity contribution in [2.75, 3.05) is 11.9 Å². The lowest BCUT2D eigenvalue weighted by Gasteiger charge is -2.21. The van der Waals surface area contributed by atoms with Gasteiger partial charge in [-0.2, -0.15) is 13.2 Å². The third-order valence-corrected chi connectivity index (χ3v) is 5.09. The second-order valence-electron chi connectivity index (χ2n) is 7.11. The number of allylic oxidation sites excluding steroid dienone is 2. The number of halogens is 3. The molecule has 0 saturated carbocycles. The highest BCUT2D eigenvalue weighted by Gasteiger charge is 2.50. The number of fused-ring (bicyclic) bond motifs is 1. The average molecular weight is 424 g/mol. The fourth-order valence-corrected chi connectivity index (χ4v) is 3.54. The molecule has 30 heavy (non-hydrogen) atoms. The lowest BCUT2D eigenvalue weighted by atomic mass is 9.85. The summed E-state index contributed by atoms with van der Waals surface area (Å²) in [6.45, 7) is 0.553. The van der Waals surface area contributed by atoms with Crippen LogP contribution in [0.3, 0.4) is 0 Å². The molecule has 1 aromatic carbocycles. The first kappa shape index (κ1) is 21.5. The molecule has 3 atom stereocenters. The molecule has 0 aromatic heterocycles. The Morgan fingerprint density at radius 1 is 1.17 bits per heavy atom. The van der Waals surface area contributed by atoms with E-state index in [1.54, 1.807) is 0 Å². The Morgan fingerprint density at radius 2 is 1.77 bits per heavy atom. The van der Waals surface area contributed by atoms with Crippen molar-refractivity contribution < 1.29 is 37.1 Å². The van der Waals surface area contributed by atoms with E-state index in [1.165, 1.54) is 13.0 Å². The van der Waals surface area contributed by atoms with E-state index in [-0.39, 0.29) is 5.69 Å². The van der Waals surface area contributed by atoms with Gasteiger partial charge in [0.2, 0.25) is 11.8 Å². The van der Waals surface area contributed by atoms with Gasteiger partial charge in [-0.25, -0.2) is 4.79 Å². The van der Waals surface area contributed by atoms with Gasteiger partial charge in [-0.1, -0.05) is 18.2 Å². The highest BCUT2D eigenvalue weighted by Crippen LogP contribution is 2.36. The highest BCUT2D eigenvalue weighted by atomic mass is 19.4. The van der Waals surface area contributed by atoms with Crippen LogP contribution in [0.4, 0.5) is 18.9 Å². The first-order chi connectivity index (χ1) is 14.1. The van der Waals surface area contributed by atoms with Gasteiger partial charge < -0.3 is 10.1 Å². The Hall–Kier alpha value is -3.17. The zero-order valence-electron chi connectivity index (χ0n) is 15.9. The van der Waals surface area contributed by atoms with Crippen molar-refractivity contribution in [2.24, 2.45) is 11.8 Å². The van der Waals surface area contributed by atoms with Crippen LogP contribution in [0.2, 0.25) is 0 Å². The van der Waals surface area contributed by atoms with E-state index in [9.17, 15) is 32.3 Å². The fraction of sp³-hybridized carbons (Fsp3) is 0.400. The molecule has 0 bridgehead atoms. The average Bonchev–Trinajstić information content (AvgIpc) is 2.96. The van der Waals surface area contributed by atoms with Crippen molar-refractivity contribution in [3.63, 3.8) is 0 Å². The van der Waals surface area contributed by atoms with E-state index >= 15 is 0 Å². The fourth-order valence-electron chi connectivity index (χ4n) is 3.54. The van der Waals surface area contributed by atoms with E-state index in [2.05, 4.69) is 5.32 Å². The molecule has 3 amide bonds. The van der Waals surface area contributed by atoms with E-state index in [1.807, 2.05) is 12.2 Å². The number of carbonyl (C=O) groups excluding carboxylic acids is 4. The number of imide groups is 1. The Balaban J connectivity index is 1.56. The van der Waals surface area contributed by atoms with Crippen molar-refractivity contribution in [2.45, 2.75) is 32.0 Å². The molecule has 160 valence electrons. The standard InChI is InChI=1S/C20H19F3N2O5/c1-11(25-17(27)14-7-2-3-8-15(14)18(25)28)19(29)30-10-16(26)24-13-6-4-5-12(9-13)20(21,22)23/h2-6,9,11,14-15H,7-8,10H2,1H3,(H,24,26). The third-order valence-electron chi connectivity index (χ3n) is 5.09. The van der Waals surface area contributed by atoms with Gasteiger partial charge in [0.15, 0.2) is 6.61 Å². The normalized spacial score (nSPS) is 21.9. The van der Waals surface area contributed by atoms with Gasteiger partial charge in [-0.05, 0) is 38.0 Å². The number of hydrogen-bond acceptors (Lipinski definition) is 5. The van der Waals surface area contributed by atoms with Gasteiger partial charge in [0.05, 0.1) is 17.4 Å². The molecule has 1 fully saturated rings. The Kier molecular flexibility index (Phi) is 5.95. The molecule has 7 nitrogen and oxygen atoms in total. The number of alkyl halides is 3. The Labute approximate surface area is 169 Å². The van der Waals surface area contributed by atoms with Crippen LogP contribution in [-0.4, -0.2) is 41.2 Å². The molecule has 1 aliphatic carbocycles. The largest absolute Gasteiger partial charge is 0.454 e. The molecule has 0 radical (unpaired) electrons. The van der Waals surface area contributed by atoms with Crippen LogP contribution in [0.5, 0.6) is 0 Å². The van der Waals surface area contributed by atoms with Crippen molar-refractivity contribution in [1.29, 1.82) is 0 Å². The number of esters is 1. The van der Waals surface area contributed by atoms with Gasteiger partial charge in [0.1, 0.15) is 6.04 Å². The monoisotopic (exact) mass is 424 g/mol. The van der Waals surface area contributed by atoms with Gasteiger partial charge in [-0.15, -0.1) is 0 Å². The van der Waals surface area contributed by atoms with Gasteiger partial charge >= 0.3 is 12.1 Å². The van der Waals surface area contributed by atoms with Crippen molar-refractivity contribution in [1.82, 2.24) is 4.90 Å². The molecule has 10 heteroatoms. The molecule has 1 N–H and O–H groups in total. The number of ether oxygens (including phenoxy) is 1. The number of likely N-dealkylation sites (tertiary alicyclic amines) is 1. The minimum atomic E-state index is -4.57. The quantitative estimate of drug-likeness (QED) is 0.446. The SMILES string of the molecule is CC(C(=O)OCC(=O)Nc1cccc(C(F)(F)F)c1)N1C(=O)C2CC=CCC2C1=O. The third kappa shape index (κ3) is 4.37. The van der Waals surface area contributed by atoms with E-state index in [0.29, 0.717) is 12.8 Å². The molecular formula is C20H19F3N2O5. The van der Waals surface area contributed by atoms with Gasteiger partial charge in [0, 0.05) is 5.69 Å². The highest BCUT2D eigenvalue weighted by molar-refractivity contribution is 6.08. The molecular weight excluding hydrogens is 405 g/mol. The minimum absolute atomic E-state index is 0.111. The zero-order chi connectivity index (χ0) is 22.1. The molecule has 0 spiro atoms. The number of hydrogen-bond donors (Lipinski definition) is 1. The molecule has 3 rings (SSSR count). The minimum Gasteiger partial charge on any atom is -0.454 e. The van der Waals surface area contributed by atoms with E-state index < -0.39 is 59.9 Å².